The molecule has 0 saturated heterocycles. The Morgan fingerprint density at radius 3 is 2.50 bits per heavy atom. The highest BCUT2D eigenvalue weighted by Gasteiger charge is 2.08. The zero-order valence-corrected chi connectivity index (χ0v) is 12.6. The molecule has 0 heterocycles. The summed E-state index contributed by atoms with van der Waals surface area (Å²) < 4.78 is 10.5. The molecule has 5 nitrogen and oxygen atoms in total. The van der Waals surface area contributed by atoms with Crippen molar-refractivity contribution in [1.29, 1.82) is 0 Å². The van der Waals surface area contributed by atoms with Gasteiger partial charge in [0, 0.05) is 12.2 Å². The number of ether oxygens (including phenoxy) is 2. The van der Waals surface area contributed by atoms with Gasteiger partial charge in [-0.05, 0) is 36.2 Å². The number of carbonyl (C=O) groups is 1. The van der Waals surface area contributed by atoms with Gasteiger partial charge in [-0.2, -0.15) is 0 Å². The lowest BCUT2D eigenvalue weighted by atomic mass is 10.1. The molecule has 0 aliphatic rings. The fraction of sp³-hybridized carbons (Fsp3) is 0.235. The monoisotopic (exact) mass is 301 g/mol. The van der Waals surface area contributed by atoms with Gasteiger partial charge in [0.25, 0.3) is 0 Å². The molecule has 5 heteroatoms. The first-order valence-corrected chi connectivity index (χ1v) is 6.92. The second-order valence-electron chi connectivity index (χ2n) is 4.72. The molecule has 0 unspecified atom stereocenters. The third-order valence-electron chi connectivity index (χ3n) is 3.33. The molecule has 2 aromatic rings. The summed E-state index contributed by atoms with van der Waals surface area (Å²) in [4.78, 5) is 11.1. The molecule has 0 saturated carbocycles. The van der Waals surface area contributed by atoms with E-state index in [1.165, 1.54) is 0 Å². The van der Waals surface area contributed by atoms with Gasteiger partial charge in [-0.1, -0.05) is 18.2 Å². The topological polar surface area (TPSA) is 67.8 Å². The maximum absolute atomic E-state index is 11.1. The van der Waals surface area contributed by atoms with Crippen LogP contribution in [0.25, 0.3) is 0 Å². The maximum atomic E-state index is 11.1. The molecule has 0 aliphatic carbocycles. The van der Waals surface area contributed by atoms with Crippen molar-refractivity contribution in [1.82, 2.24) is 0 Å². The standard InChI is InChI=1S/C17H19NO4/c1-21-15-8-7-12(11-16(15)22-2)9-10-18-14-6-4-3-5-13(14)17(19)20/h3-8,11,18H,9-10H2,1-2H3,(H,19,20). The molecule has 0 aliphatic heterocycles. The molecule has 0 amide bonds. The van der Waals surface area contributed by atoms with E-state index < -0.39 is 5.97 Å². The number of hydrogen-bond acceptors (Lipinski definition) is 4. The summed E-state index contributed by atoms with van der Waals surface area (Å²) in [7, 11) is 3.20. The Morgan fingerprint density at radius 2 is 1.82 bits per heavy atom. The second-order valence-corrected chi connectivity index (χ2v) is 4.72. The van der Waals surface area contributed by atoms with Crippen molar-refractivity contribution in [3.63, 3.8) is 0 Å². The molecule has 0 spiro atoms. The normalized spacial score (nSPS) is 10.1. The molecular formula is C17H19NO4. The number of rotatable bonds is 7. The van der Waals surface area contributed by atoms with Gasteiger partial charge in [0.1, 0.15) is 0 Å². The molecule has 0 radical (unpaired) electrons. The van der Waals surface area contributed by atoms with Crippen LogP contribution in [-0.4, -0.2) is 31.8 Å². The van der Waals surface area contributed by atoms with E-state index in [1.54, 1.807) is 32.4 Å². The summed E-state index contributed by atoms with van der Waals surface area (Å²) in [6.45, 7) is 0.625. The fourth-order valence-corrected chi connectivity index (χ4v) is 2.20. The number of carboxylic acid groups (broad SMARTS) is 1. The van der Waals surface area contributed by atoms with E-state index in [0.29, 0.717) is 23.7 Å². The van der Waals surface area contributed by atoms with E-state index in [1.807, 2.05) is 24.3 Å². The van der Waals surface area contributed by atoms with Gasteiger partial charge in [0.15, 0.2) is 11.5 Å². The summed E-state index contributed by atoms with van der Waals surface area (Å²) >= 11 is 0. The summed E-state index contributed by atoms with van der Waals surface area (Å²) in [6, 6.07) is 12.6. The second kappa shape index (κ2) is 7.36. The highest BCUT2D eigenvalue weighted by atomic mass is 16.5. The maximum Gasteiger partial charge on any atom is 0.337 e. The number of aromatic carboxylic acids is 1. The predicted octanol–water partition coefficient (Wildman–Crippen LogP) is 3.06. The van der Waals surface area contributed by atoms with Crippen LogP contribution in [0.1, 0.15) is 15.9 Å². The highest BCUT2D eigenvalue weighted by molar-refractivity contribution is 5.94. The van der Waals surface area contributed by atoms with E-state index in [-0.39, 0.29) is 5.56 Å². The van der Waals surface area contributed by atoms with Crippen LogP contribution >= 0.6 is 0 Å². The molecule has 0 bridgehead atoms. The number of anilines is 1. The molecule has 22 heavy (non-hydrogen) atoms. The summed E-state index contributed by atoms with van der Waals surface area (Å²) in [6.07, 6.45) is 0.744. The number of nitrogens with one attached hydrogen (secondary N) is 1. The van der Waals surface area contributed by atoms with Gasteiger partial charge in [-0.3, -0.25) is 0 Å². The van der Waals surface area contributed by atoms with Crippen LogP contribution in [0, 0.1) is 0 Å². The van der Waals surface area contributed by atoms with E-state index in [0.717, 1.165) is 12.0 Å². The lowest BCUT2D eigenvalue weighted by molar-refractivity contribution is 0.0698. The summed E-state index contributed by atoms with van der Waals surface area (Å²) in [5.74, 6) is 0.440. The molecular weight excluding hydrogens is 282 g/mol. The van der Waals surface area contributed by atoms with Crippen molar-refractivity contribution < 1.29 is 19.4 Å². The quantitative estimate of drug-likeness (QED) is 0.822. The van der Waals surface area contributed by atoms with E-state index in [2.05, 4.69) is 5.32 Å². The van der Waals surface area contributed by atoms with Gasteiger partial charge >= 0.3 is 5.97 Å². The van der Waals surface area contributed by atoms with Crippen molar-refractivity contribution in [2.24, 2.45) is 0 Å². The van der Waals surface area contributed by atoms with Gasteiger partial charge < -0.3 is 19.9 Å². The first kappa shape index (κ1) is 15.7. The average molecular weight is 301 g/mol. The zero-order valence-electron chi connectivity index (χ0n) is 12.6. The minimum Gasteiger partial charge on any atom is -0.493 e. The molecule has 2 rings (SSSR count). The largest absolute Gasteiger partial charge is 0.493 e. The number of hydrogen-bond donors (Lipinski definition) is 2. The third-order valence-corrected chi connectivity index (χ3v) is 3.33. The molecule has 0 aromatic heterocycles. The van der Waals surface area contributed by atoms with Crippen LogP contribution < -0.4 is 14.8 Å². The number of carboxylic acids is 1. The Kier molecular flexibility index (Phi) is 5.25. The lowest BCUT2D eigenvalue weighted by Gasteiger charge is -2.11. The van der Waals surface area contributed by atoms with Crippen LogP contribution in [0.3, 0.4) is 0 Å². The number of para-hydroxylation sites is 1. The molecule has 2 N–H and O–H groups in total. The Bertz CT molecular complexity index is 655. The minimum absolute atomic E-state index is 0.273. The smallest absolute Gasteiger partial charge is 0.337 e. The van der Waals surface area contributed by atoms with E-state index in [9.17, 15) is 4.79 Å². The van der Waals surface area contributed by atoms with Crippen LogP contribution in [-0.2, 0) is 6.42 Å². The highest BCUT2D eigenvalue weighted by Crippen LogP contribution is 2.27. The summed E-state index contributed by atoms with van der Waals surface area (Å²) in [5.41, 5.74) is 1.98. The van der Waals surface area contributed by atoms with Gasteiger partial charge in [0.05, 0.1) is 19.8 Å². The van der Waals surface area contributed by atoms with E-state index in [4.69, 9.17) is 14.6 Å². The Hall–Kier alpha value is -2.69. The third kappa shape index (κ3) is 3.69. The van der Waals surface area contributed by atoms with Crippen molar-refractivity contribution >= 4 is 11.7 Å². The number of benzene rings is 2. The van der Waals surface area contributed by atoms with Crippen molar-refractivity contribution in [2.75, 3.05) is 26.1 Å². The zero-order chi connectivity index (χ0) is 15.9. The molecule has 116 valence electrons. The van der Waals surface area contributed by atoms with Crippen molar-refractivity contribution in [3.05, 3.63) is 53.6 Å². The average Bonchev–Trinajstić information content (AvgIpc) is 2.55. The Balaban J connectivity index is 2.01. The predicted molar refractivity (Wildman–Crippen MR) is 85.1 cm³/mol. The summed E-state index contributed by atoms with van der Waals surface area (Å²) in [5, 5.41) is 12.3. The SMILES string of the molecule is COc1ccc(CCNc2ccccc2C(=O)O)cc1OC. The van der Waals surface area contributed by atoms with Crippen LogP contribution in [0.15, 0.2) is 42.5 Å². The van der Waals surface area contributed by atoms with Crippen LogP contribution in [0.4, 0.5) is 5.69 Å². The molecule has 2 aromatic carbocycles. The van der Waals surface area contributed by atoms with Crippen LogP contribution in [0.5, 0.6) is 11.5 Å². The van der Waals surface area contributed by atoms with Crippen molar-refractivity contribution in [3.8, 4) is 11.5 Å². The van der Waals surface area contributed by atoms with Gasteiger partial charge in [-0.15, -0.1) is 0 Å². The van der Waals surface area contributed by atoms with Gasteiger partial charge in [-0.25, -0.2) is 4.79 Å². The first-order chi connectivity index (χ1) is 10.7. The lowest BCUT2D eigenvalue weighted by Crippen LogP contribution is -2.09. The van der Waals surface area contributed by atoms with Gasteiger partial charge in [0.2, 0.25) is 0 Å². The minimum atomic E-state index is -0.936. The van der Waals surface area contributed by atoms with Crippen molar-refractivity contribution in [2.45, 2.75) is 6.42 Å². The van der Waals surface area contributed by atoms with Crippen LogP contribution in [0.2, 0.25) is 0 Å². The fourth-order valence-electron chi connectivity index (χ4n) is 2.20. The molecule has 0 fully saturated rings. The van der Waals surface area contributed by atoms with E-state index >= 15 is 0 Å². The Labute approximate surface area is 129 Å². The number of methoxy groups -OCH3 is 2. The Morgan fingerprint density at radius 1 is 1.09 bits per heavy atom. The first-order valence-electron chi connectivity index (χ1n) is 6.92. The molecule has 0 atom stereocenters.